The van der Waals surface area contributed by atoms with Crippen molar-refractivity contribution >= 4 is 34.6 Å². The molecule has 0 bridgehead atoms. The molecular formula is C16H17N3O2S. The van der Waals surface area contributed by atoms with Crippen molar-refractivity contribution in [1.29, 1.82) is 0 Å². The average Bonchev–Trinajstić information content (AvgIpc) is 3.08. The first kappa shape index (κ1) is 14.6. The van der Waals surface area contributed by atoms with E-state index in [4.69, 9.17) is 0 Å². The van der Waals surface area contributed by atoms with Crippen LogP contribution in [0, 0.1) is 0 Å². The fourth-order valence-corrected chi connectivity index (χ4v) is 3.65. The second-order valence-electron chi connectivity index (χ2n) is 5.15. The Balaban J connectivity index is 1.70. The fourth-order valence-electron chi connectivity index (χ4n) is 2.50. The lowest BCUT2D eigenvalue weighted by Crippen LogP contribution is -2.24. The van der Waals surface area contributed by atoms with Crippen LogP contribution in [0.1, 0.15) is 26.5 Å². The molecule has 0 fully saturated rings. The van der Waals surface area contributed by atoms with Gasteiger partial charge in [0.25, 0.3) is 5.91 Å². The molecule has 0 radical (unpaired) electrons. The largest absolute Gasteiger partial charge is 0.341 e. The number of carbonyl (C=O) groups is 2. The smallest absolute Gasteiger partial charge is 0.318 e. The summed E-state index contributed by atoms with van der Waals surface area (Å²) in [6.07, 6.45) is 3.35. The molecule has 3 rings (SSSR count). The molecule has 6 heteroatoms. The lowest BCUT2D eigenvalue weighted by Gasteiger charge is -2.08. The molecule has 2 aromatic rings. The minimum Gasteiger partial charge on any atom is -0.341 e. The SMILES string of the molecule is CNC(=O)Nc1cccc(NC(=O)c2cc3c(s2)CCC3)c1. The Morgan fingerprint density at radius 1 is 1.09 bits per heavy atom. The van der Waals surface area contributed by atoms with Crippen LogP contribution >= 0.6 is 11.3 Å². The van der Waals surface area contributed by atoms with Crippen LogP contribution in [-0.4, -0.2) is 19.0 Å². The van der Waals surface area contributed by atoms with Crippen molar-refractivity contribution in [2.45, 2.75) is 19.3 Å². The van der Waals surface area contributed by atoms with Crippen molar-refractivity contribution in [1.82, 2.24) is 5.32 Å². The zero-order chi connectivity index (χ0) is 15.5. The molecule has 0 unspecified atom stereocenters. The topological polar surface area (TPSA) is 70.2 Å². The summed E-state index contributed by atoms with van der Waals surface area (Å²) in [5, 5.41) is 8.04. The van der Waals surface area contributed by atoms with E-state index >= 15 is 0 Å². The van der Waals surface area contributed by atoms with E-state index in [-0.39, 0.29) is 11.9 Å². The van der Waals surface area contributed by atoms with Crippen LogP contribution in [0.15, 0.2) is 30.3 Å². The summed E-state index contributed by atoms with van der Waals surface area (Å²) in [6, 6.07) is 8.79. The van der Waals surface area contributed by atoms with Crippen LogP contribution in [0.4, 0.5) is 16.2 Å². The standard InChI is InChI=1S/C16H17N3O2S/c1-17-16(21)19-12-6-3-5-11(9-12)18-15(20)14-8-10-4-2-7-13(10)22-14/h3,5-6,8-9H,2,4,7H2,1H3,(H,18,20)(H2,17,19,21). The number of nitrogens with one attached hydrogen (secondary N) is 3. The first-order valence-electron chi connectivity index (χ1n) is 7.17. The predicted octanol–water partition coefficient (Wildman–Crippen LogP) is 3.24. The minimum atomic E-state index is -0.293. The quantitative estimate of drug-likeness (QED) is 0.814. The van der Waals surface area contributed by atoms with Crippen molar-refractivity contribution in [2.24, 2.45) is 0 Å². The first-order valence-corrected chi connectivity index (χ1v) is 7.99. The maximum atomic E-state index is 12.3. The Bertz CT molecular complexity index is 702. The highest BCUT2D eigenvalue weighted by Gasteiger charge is 2.18. The lowest BCUT2D eigenvalue weighted by molar-refractivity contribution is 0.103. The third-order valence-corrected chi connectivity index (χ3v) is 4.81. The summed E-state index contributed by atoms with van der Waals surface area (Å²) in [6.45, 7) is 0. The molecule has 1 aromatic carbocycles. The van der Waals surface area contributed by atoms with Gasteiger partial charge < -0.3 is 16.0 Å². The molecule has 3 amide bonds. The van der Waals surface area contributed by atoms with E-state index in [1.54, 1.807) is 42.6 Å². The number of carbonyl (C=O) groups excluding carboxylic acids is 2. The van der Waals surface area contributed by atoms with Gasteiger partial charge in [0, 0.05) is 23.3 Å². The fraction of sp³-hybridized carbons (Fsp3) is 0.250. The summed E-state index contributed by atoms with van der Waals surface area (Å²) >= 11 is 1.58. The molecule has 114 valence electrons. The van der Waals surface area contributed by atoms with Gasteiger partial charge in [-0.25, -0.2) is 4.79 Å². The number of rotatable bonds is 3. The van der Waals surface area contributed by atoms with Gasteiger partial charge in [-0.1, -0.05) is 6.07 Å². The van der Waals surface area contributed by atoms with Crippen molar-refractivity contribution in [2.75, 3.05) is 17.7 Å². The number of hydrogen-bond acceptors (Lipinski definition) is 3. The van der Waals surface area contributed by atoms with Gasteiger partial charge in [-0.2, -0.15) is 0 Å². The van der Waals surface area contributed by atoms with Crippen LogP contribution < -0.4 is 16.0 Å². The second kappa shape index (κ2) is 6.19. The highest BCUT2D eigenvalue weighted by atomic mass is 32.1. The molecule has 22 heavy (non-hydrogen) atoms. The van der Waals surface area contributed by atoms with Gasteiger partial charge in [0.2, 0.25) is 0 Å². The Labute approximate surface area is 132 Å². The van der Waals surface area contributed by atoms with Gasteiger partial charge in [0.05, 0.1) is 4.88 Å². The Morgan fingerprint density at radius 2 is 1.86 bits per heavy atom. The van der Waals surface area contributed by atoms with Crippen LogP contribution in [0.3, 0.4) is 0 Å². The minimum absolute atomic E-state index is 0.100. The van der Waals surface area contributed by atoms with Crippen molar-refractivity contribution in [3.8, 4) is 0 Å². The zero-order valence-electron chi connectivity index (χ0n) is 12.2. The number of aryl methyl sites for hydroxylation is 2. The molecule has 1 aliphatic rings. The third kappa shape index (κ3) is 3.12. The van der Waals surface area contributed by atoms with Crippen LogP contribution in [-0.2, 0) is 12.8 Å². The monoisotopic (exact) mass is 315 g/mol. The van der Waals surface area contributed by atoms with Gasteiger partial charge in [0.1, 0.15) is 0 Å². The summed E-state index contributed by atoms with van der Waals surface area (Å²) in [4.78, 5) is 25.7. The van der Waals surface area contributed by atoms with Crippen LogP contribution in [0.25, 0.3) is 0 Å². The predicted molar refractivity (Wildman–Crippen MR) is 88.8 cm³/mol. The van der Waals surface area contributed by atoms with Gasteiger partial charge in [0.15, 0.2) is 0 Å². The van der Waals surface area contributed by atoms with E-state index in [0.717, 1.165) is 17.7 Å². The van der Waals surface area contributed by atoms with Gasteiger partial charge >= 0.3 is 6.03 Å². The summed E-state index contributed by atoms with van der Waals surface area (Å²) in [5.41, 5.74) is 2.60. The number of anilines is 2. The number of urea groups is 1. The molecule has 1 aromatic heterocycles. The van der Waals surface area contributed by atoms with E-state index in [9.17, 15) is 9.59 Å². The summed E-state index contributed by atoms with van der Waals surface area (Å²) in [7, 11) is 1.55. The highest BCUT2D eigenvalue weighted by Crippen LogP contribution is 2.31. The van der Waals surface area contributed by atoms with Crippen molar-refractivity contribution in [3.63, 3.8) is 0 Å². The van der Waals surface area contributed by atoms with Gasteiger partial charge in [-0.05, 0) is 49.1 Å². The van der Waals surface area contributed by atoms with Gasteiger partial charge in [-0.3, -0.25) is 4.79 Å². The average molecular weight is 315 g/mol. The molecule has 1 heterocycles. The van der Waals surface area contributed by atoms with E-state index in [2.05, 4.69) is 16.0 Å². The number of fused-ring (bicyclic) bond motifs is 1. The van der Waals surface area contributed by atoms with Crippen LogP contribution in [0.5, 0.6) is 0 Å². The molecule has 3 N–H and O–H groups in total. The van der Waals surface area contributed by atoms with E-state index in [0.29, 0.717) is 11.4 Å². The van der Waals surface area contributed by atoms with Gasteiger partial charge in [-0.15, -0.1) is 11.3 Å². The molecule has 0 saturated heterocycles. The number of benzene rings is 1. The lowest BCUT2D eigenvalue weighted by atomic mass is 10.2. The first-order chi connectivity index (χ1) is 10.7. The molecule has 5 nitrogen and oxygen atoms in total. The van der Waals surface area contributed by atoms with E-state index < -0.39 is 0 Å². The number of hydrogen-bond donors (Lipinski definition) is 3. The molecule has 1 aliphatic carbocycles. The third-order valence-electron chi connectivity index (χ3n) is 3.58. The summed E-state index contributed by atoms with van der Waals surface area (Å²) < 4.78 is 0. The van der Waals surface area contributed by atoms with Crippen molar-refractivity contribution in [3.05, 3.63) is 45.6 Å². The molecular weight excluding hydrogens is 298 g/mol. The normalized spacial score (nSPS) is 12.6. The van der Waals surface area contributed by atoms with Crippen LogP contribution in [0.2, 0.25) is 0 Å². The highest BCUT2D eigenvalue weighted by molar-refractivity contribution is 7.14. The maximum Gasteiger partial charge on any atom is 0.318 e. The molecule has 0 atom stereocenters. The molecule has 0 saturated carbocycles. The second-order valence-corrected chi connectivity index (χ2v) is 6.29. The van der Waals surface area contributed by atoms with E-state index in [1.807, 2.05) is 6.07 Å². The van der Waals surface area contributed by atoms with Crippen molar-refractivity contribution < 1.29 is 9.59 Å². The summed E-state index contributed by atoms with van der Waals surface area (Å²) in [5.74, 6) is -0.100. The molecule has 0 spiro atoms. The molecule has 0 aliphatic heterocycles. The Kier molecular flexibility index (Phi) is 4.11. The Morgan fingerprint density at radius 3 is 2.59 bits per heavy atom. The van der Waals surface area contributed by atoms with E-state index in [1.165, 1.54) is 16.9 Å². The Hall–Kier alpha value is -2.34. The zero-order valence-corrected chi connectivity index (χ0v) is 13.0. The number of thiophene rings is 1. The number of amides is 3. The maximum absolute atomic E-state index is 12.3.